The van der Waals surface area contributed by atoms with Crippen LogP contribution >= 0.6 is 27.3 Å². The Morgan fingerprint density at radius 2 is 1.96 bits per heavy atom. The van der Waals surface area contributed by atoms with E-state index in [2.05, 4.69) is 69.6 Å². The minimum Gasteiger partial charge on any atom is -0.231 e. The fraction of sp³-hybridized carbons (Fsp3) is 0.158. The molecule has 24 heavy (non-hydrogen) atoms. The van der Waals surface area contributed by atoms with Gasteiger partial charge in [-0.05, 0) is 24.6 Å². The maximum absolute atomic E-state index is 4.83. The summed E-state index contributed by atoms with van der Waals surface area (Å²) in [6.45, 7) is 2.08. The minimum absolute atomic E-state index is 0.229. The third-order valence-corrected chi connectivity index (χ3v) is 5.38. The highest BCUT2D eigenvalue weighted by Crippen LogP contribution is 2.38. The number of anilines is 1. The van der Waals surface area contributed by atoms with Gasteiger partial charge in [-0.25, -0.2) is 9.99 Å². The maximum Gasteiger partial charge on any atom is 0.207 e. The van der Waals surface area contributed by atoms with Crippen molar-refractivity contribution >= 4 is 38.1 Å². The second kappa shape index (κ2) is 6.49. The molecule has 1 atom stereocenters. The zero-order valence-corrected chi connectivity index (χ0v) is 15.6. The average molecular weight is 398 g/mol. The first-order valence-corrected chi connectivity index (χ1v) is 9.48. The number of hydrogen-bond donors (Lipinski definition) is 0. The SMILES string of the molecule is CC1=NN(c2nc(-c3cccc(Br)c3)cs2)C(c2ccccc2)C1. The number of thiazole rings is 1. The Balaban J connectivity index is 1.67. The van der Waals surface area contributed by atoms with E-state index in [1.165, 1.54) is 5.56 Å². The van der Waals surface area contributed by atoms with Crippen LogP contribution in [0.15, 0.2) is 69.6 Å². The number of hydrogen-bond acceptors (Lipinski definition) is 4. The van der Waals surface area contributed by atoms with Gasteiger partial charge in [0.05, 0.1) is 11.7 Å². The number of benzene rings is 2. The molecule has 3 nitrogen and oxygen atoms in total. The van der Waals surface area contributed by atoms with Crippen LogP contribution in [-0.2, 0) is 0 Å². The van der Waals surface area contributed by atoms with Crippen LogP contribution in [0.2, 0.25) is 0 Å². The van der Waals surface area contributed by atoms with Gasteiger partial charge in [-0.1, -0.05) is 58.4 Å². The number of nitrogens with zero attached hydrogens (tertiary/aromatic N) is 3. The summed E-state index contributed by atoms with van der Waals surface area (Å²) in [6, 6.07) is 19.0. The van der Waals surface area contributed by atoms with Gasteiger partial charge in [-0.3, -0.25) is 0 Å². The summed E-state index contributed by atoms with van der Waals surface area (Å²) in [4.78, 5) is 4.83. The zero-order valence-electron chi connectivity index (χ0n) is 13.2. The third kappa shape index (κ3) is 3.01. The van der Waals surface area contributed by atoms with Crippen LogP contribution < -0.4 is 5.01 Å². The molecular formula is C19H16BrN3S. The molecule has 0 bridgehead atoms. The maximum atomic E-state index is 4.83. The van der Waals surface area contributed by atoms with E-state index in [-0.39, 0.29) is 6.04 Å². The van der Waals surface area contributed by atoms with Crippen molar-refractivity contribution in [3.63, 3.8) is 0 Å². The van der Waals surface area contributed by atoms with E-state index in [0.29, 0.717) is 0 Å². The molecule has 0 saturated carbocycles. The highest BCUT2D eigenvalue weighted by molar-refractivity contribution is 9.10. The van der Waals surface area contributed by atoms with Crippen molar-refractivity contribution in [1.82, 2.24) is 4.98 Å². The predicted octanol–water partition coefficient (Wildman–Crippen LogP) is 5.90. The topological polar surface area (TPSA) is 28.5 Å². The van der Waals surface area contributed by atoms with Gasteiger partial charge in [0.2, 0.25) is 5.13 Å². The Kier molecular flexibility index (Phi) is 4.21. The highest BCUT2D eigenvalue weighted by atomic mass is 79.9. The Hall–Kier alpha value is -1.98. The van der Waals surface area contributed by atoms with Crippen LogP contribution in [0, 0.1) is 0 Å². The van der Waals surface area contributed by atoms with E-state index >= 15 is 0 Å². The number of hydrazone groups is 1. The van der Waals surface area contributed by atoms with Crippen molar-refractivity contribution in [3.05, 3.63) is 70.0 Å². The van der Waals surface area contributed by atoms with Crippen LogP contribution in [0.5, 0.6) is 0 Å². The van der Waals surface area contributed by atoms with Gasteiger partial charge in [0.1, 0.15) is 0 Å². The number of rotatable bonds is 3. The van der Waals surface area contributed by atoms with Crippen LogP contribution in [0.1, 0.15) is 24.9 Å². The lowest BCUT2D eigenvalue weighted by molar-refractivity contribution is 0.706. The third-order valence-electron chi connectivity index (χ3n) is 4.06. The molecule has 0 amide bonds. The molecule has 0 spiro atoms. The van der Waals surface area contributed by atoms with Crippen molar-refractivity contribution < 1.29 is 0 Å². The van der Waals surface area contributed by atoms with E-state index in [9.17, 15) is 0 Å². The van der Waals surface area contributed by atoms with Crippen LogP contribution in [0.3, 0.4) is 0 Å². The molecule has 3 aromatic rings. The van der Waals surface area contributed by atoms with Crippen molar-refractivity contribution in [2.45, 2.75) is 19.4 Å². The van der Waals surface area contributed by atoms with Crippen LogP contribution in [0.4, 0.5) is 5.13 Å². The second-order valence-electron chi connectivity index (χ2n) is 5.84. The minimum atomic E-state index is 0.229. The van der Waals surface area contributed by atoms with E-state index < -0.39 is 0 Å². The van der Waals surface area contributed by atoms with Gasteiger partial charge in [0, 0.05) is 27.5 Å². The molecule has 0 saturated heterocycles. The molecular weight excluding hydrogens is 382 g/mol. The molecule has 0 fully saturated rings. The summed E-state index contributed by atoms with van der Waals surface area (Å²) >= 11 is 5.16. The lowest BCUT2D eigenvalue weighted by Gasteiger charge is -2.21. The Labute approximate surface area is 153 Å². The molecule has 5 heteroatoms. The molecule has 2 heterocycles. The standard InChI is InChI=1S/C19H16BrN3S/c1-13-10-18(14-6-3-2-4-7-14)23(22-13)19-21-17(12-24-19)15-8-5-9-16(20)11-15/h2-9,11-12,18H,10H2,1H3. The van der Waals surface area contributed by atoms with E-state index in [1.807, 2.05) is 18.2 Å². The normalized spacial score (nSPS) is 17.2. The Bertz CT molecular complexity index is 888. The molecule has 1 unspecified atom stereocenters. The molecule has 120 valence electrons. The first-order chi connectivity index (χ1) is 11.7. The van der Waals surface area contributed by atoms with Gasteiger partial charge in [0.15, 0.2) is 0 Å². The summed E-state index contributed by atoms with van der Waals surface area (Å²) < 4.78 is 1.06. The molecule has 0 radical (unpaired) electrons. The van der Waals surface area contributed by atoms with Crippen molar-refractivity contribution in [3.8, 4) is 11.3 Å². The quantitative estimate of drug-likeness (QED) is 0.550. The van der Waals surface area contributed by atoms with Crippen molar-refractivity contribution in [2.24, 2.45) is 5.10 Å². The van der Waals surface area contributed by atoms with Gasteiger partial charge in [-0.2, -0.15) is 5.10 Å². The summed E-state index contributed by atoms with van der Waals surface area (Å²) in [6.07, 6.45) is 0.940. The molecule has 1 aliphatic rings. The van der Waals surface area contributed by atoms with E-state index in [0.717, 1.165) is 33.0 Å². The first kappa shape index (κ1) is 15.5. The number of aromatic nitrogens is 1. The van der Waals surface area contributed by atoms with E-state index in [1.54, 1.807) is 11.3 Å². The first-order valence-electron chi connectivity index (χ1n) is 7.80. The zero-order chi connectivity index (χ0) is 16.5. The Morgan fingerprint density at radius 3 is 2.75 bits per heavy atom. The summed E-state index contributed by atoms with van der Waals surface area (Å²) in [5.74, 6) is 0. The van der Waals surface area contributed by atoms with Crippen molar-refractivity contribution in [2.75, 3.05) is 5.01 Å². The fourth-order valence-electron chi connectivity index (χ4n) is 2.92. The Morgan fingerprint density at radius 1 is 1.12 bits per heavy atom. The molecule has 1 aromatic heterocycles. The lowest BCUT2D eigenvalue weighted by Crippen LogP contribution is -2.18. The highest BCUT2D eigenvalue weighted by Gasteiger charge is 2.29. The van der Waals surface area contributed by atoms with E-state index in [4.69, 9.17) is 10.1 Å². The molecule has 0 N–H and O–H groups in total. The van der Waals surface area contributed by atoms with Crippen LogP contribution in [0.25, 0.3) is 11.3 Å². The summed E-state index contributed by atoms with van der Waals surface area (Å²) in [5, 5.41) is 9.84. The summed E-state index contributed by atoms with van der Waals surface area (Å²) in [5.41, 5.74) is 4.52. The molecule has 2 aromatic carbocycles. The number of halogens is 1. The molecule has 4 rings (SSSR count). The van der Waals surface area contributed by atoms with Gasteiger partial charge >= 0.3 is 0 Å². The predicted molar refractivity (Wildman–Crippen MR) is 105 cm³/mol. The van der Waals surface area contributed by atoms with Gasteiger partial charge < -0.3 is 0 Å². The fourth-order valence-corrected chi connectivity index (χ4v) is 4.15. The van der Waals surface area contributed by atoms with Gasteiger partial charge in [-0.15, -0.1) is 11.3 Å². The average Bonchev–Trinajstić information content (AvgIpc) is 3.22. The molecule has 1 aliphatic heterocycles. The molecule has 0 aliphatic carbocycles. The second-order valence-corrected chi connectivity index (χ2v) is 7.59. The monoisotopic (exact) mass is 397 g/mol. The largest absolute Gasteiger partial charge is 0.231 e. The summed E-state index contributed by atoms with van der Waals surface area (Å²) in [7, 11) is 0. The smallest absolute Gasteiger partial charge is 0.207 e. The van der Waals surface area contributed by atoms with Gasteiger partial charge in [0.25, 0.3) is 0 Å². The lowest BCUT2D eigenvalue weighted by atomic mass is 10.0. The van der Waals surface area contributed by atoms with Crippen LogP contribution in [-0.4, -0.2) is 10.7 Å². The van der Waals surface area contributed by atoms with Crippen molar-refractivity contribution in [1.29, 1.82) is 0 Å².